The van der Waals surface area contributed by atoms with E-state index in [0.717, 1.165) is 23.9 Å². The Morgan fingerprint density at radius 1 is 0.914 bits per heavy atom. The number of H-pyrrole nitrogens is 1. The molecule has 0 fully saturated rings. The van der Waals surface area contributed by atoms with Crippen LogP contribution < -0.4 is 16.2 Å². The molecule has 0 saturated carbocycles. The Labute approximate surface area is 200 Å². The molecule has 178 valence electrons. The van der Waals surface area contributed by atoms with Gasteiger partial charge >= 0.3 is 6.18 Å². The molecule has 2 amide bonds. The summed E-state index contributed by atoms with van der Waals surface area (Å²) >= 11 is 1.04. The minimum absolute atomic E-state index is 0.00691. The molecule has 4 aromatic rings. The summed E-state index contributed by atoms with van der Waals surface area (Å²) in [5.41, 5.74) is -0.208. The molecule has 0 saturated heterocycles. The lowest BCUT2D eigenvalue weighted by Gasteiger charge is -2.11. The van der Waals surface area contributed by atoms with Crippen molar-refractivity contribution >= 4 is 45.9 Å². The predicted octanol–water partition coefficient (Wildman–Crippen LogP) is 4.93. The molecule has 4 rings (SSSR count). The van der Waals surface area contributed by atoms with Gasteiger partial charge in [-0.05, 0) is 48.5 Å². The molecule has 0 bridgehead atoms. The van der Waals surface area contributed by atoms with Gasteiger partial charge in [-0.3, -0.25) is 14.4 Å². The van der Waals surface area contributed by atoms with Gasteiger partial charge in [0.25, 0.3) is 11.5 Å². The van der Waals surface area contributed by atoms with Crippen LogP contribution in [0.4, 0.5) is 24.5 Å². The number of carbonyl (C=O) groups excluding carboxylic acids is 2. The van der Waals surface area contributed by atoms with Gasteiger partial charge in [0.1, 0.15) is 0 Å². The zero-order valence-corrected chi connectivity index (χ0v) is 18.7. The van der Waals surface area contributed by atoms with Gasteiger partial charge in [0.2, 0.25) is 5.91 Å². The van der Waals surface area contributed by atoms with Crippen molar-refractivity contribution in [1.29, 1.82) is 0 Å². The highest BCUT2D eigenvalue weighted by Gasteiger charge is 2.30. The second-order valence-corrected chi connectivity index (χ2v) is 8.30. The number of rotatable bonds is 6. The minimum Gasteiger partial charge on any atom is -0.325 e. The Morgan fingerprint density at radius 2 is 1.63 bits per heavy atom. The van der Waals surface area contributed by atoms with Crippen molar-refractivity contribution < 1.29 is 22.8 Å². The maximum atomic E-state index is 12.9. The van der Waals surface area contributed by atoms with E-state index in [-0.39, 0.29) is 27.7 Å². The summed E-state index contributed by atoms with van der Waals surface area (Å²) < 4.78 is 38.7. The van der Waals surface area contributed by atoms with E-state index in [9.17, 15) is 27.6 Å². The Bertz CT molecular complexity index is 1470. The number of alkyl halides is 3. The van der Waals surface area contributed by atoms with Gasteiger partial charge in [0.15, 0.2) is 5.16 Å². The van der Waals surface area contributed by atoms with E-state index in [1.165, 1.54) is 30.3 Å². The van der Waals surface area contributed by atoms with Crippen molar-refractivity contribution in [3.63, 3.8) is 0 Å². The highest BCUT2D eigenvalue weighted by Crippen LogP contribution is 2.30. The number of nitrogens with zero attached hydrogens (tertiary/aromatic N) is 1. The minimum atomic E-state index is -4.53. The van der Waals surface area contributed by atoms with Gasteiger partial charge in [-0.15, -0.1) is 0 Å². The molecule has 11 heteroatoms. The summed E-state index contributed by atoms with van der Waals surface area (Å²) in [5, 5.41) is 5.80. The van der Waals surface area contributed by atoms with Crippen LogP contribution >= 0.6 is 11.8 Å². The number of anilines is 2. The van der Waals surface area contributed by atoms with Crippen LogP contribution in [0.1, 0.15) is 15.9 Å². The molecule has 0 aliphatic carbocycles. The van der Waals surface area contributed by atoms with Crippen LogP contribution in [0, 0.1) is 0 Å². The maximum absolute atomic E-state index is 12.9. The molecule has 0 aliphatic heterocycles. The molecular formula is C24H17F3N4O3S. The molecule has 0 radical (unpaired) electrons. The summed E-state index contributed by atoms with van der Waals surface area (Å²) in [7, 11) is 0. The smallest absolute Gasteiger partial charge is 0.325 e. The summed E-state index contributed by atoms with van der Waals surface area (Å²) in [5.74, 6) is -1.09. The molecule has 0 unspecified atom stereocenters. The summed E-state index contributed by atoms with van der Waals surface area (Å²) in [6.07, 6.45) is -4.53. The number of hydrogen-bond donors (Lipinski definition) is 3. The van der Waals surface area contributed by atoms with Crippen LogP contribution in [0.25, 0.3) is 10.9 Å². The quantitative estimate of drug-likeness (QED) is 0.259. The van der Waals surface area contributed by atoms with E-state index in [4.69, 9.17) is 0 Å². The molecule has 1 aromatic heterocycles. The van der Waals surface area contributed by atoms with Crippen LogP contribution in [0.5, 0.6) is 0 Å². The summed E-state index contributed by atoms with van der Waals surface area (Å²) in [6.45, 7) is 0. The second-order valence-electron chi connectivity index (χ2n) is 7.34. The molecule has 3 N–H and O–H groups in total. The zero-order valence-electron chi connectivity index (χ0n) is 17.8. The van der Waals surface area contributed by atoms with Crippen LogP contribution in [-0.2, 0) is 11.0 Å². The first-order valence-electron chi connectivity index (χ1n) is 10.2. The fraction of sp³-hybridized carbons (Fsp3) is 0.0833. The fourth-order valence-corrected chi connectivity index (χ4v) is 3.85. The Balaban J connectivity index is 1.39. The van der Waals surface area contributed by atoms with Gasteiger partial charge in [0, 0.05) is 16.9 Å². The molecule has 0 spiro atoms. The van der Waals surface area contributed by atoms with E-state index in [0.29, 0.717) is 16.6 Å². The first kappa shape index (κ1) is 24.0. The zero-order chi connectivity index (χ0) is 25.0. The van der Waals surface area contributed by atoms with Gasteiger partial charge in [-0.25, -0.2) is 4.98 Å². The van der Waals surface area contributed by atoms with Crippen molar-refractivity contribution in [3.05, 3.63) is 94.3 Å². The number of halogens is 3. The molecule has 3 aromatic carbocycles. The molecule has 7 nitrogen and oxygen atoms in total. The van der Waals surface area contributed by atoms with Gasteiger partial charge in [0.05, 0.1) is 22.2 Å². The third-order valence-electron chi connectivity index (χ3n) is 4.79. The average molecular weight is 498 g/mol. The number of nitrogens with one attached hydrogen (secondary N) is 3. The molecule has 0 atom stereocenters. The summed E-state index contributed by atoms with van der Waals surface area (Å²) in [6, 6.07) is 17.1. The van der Waals surface area contributed by atoms with E-state index in [2.05, 4.69) is 20.6 Å². The topological polar surface area (TPSA) is 104 Å². The SMILES string of the molecule is O=C(CSc1nc2ccccc2c(=O)[nH]1)Nc1cccc(C(=O)Nc2cccc(C(F)(F)F)c2)c1. The van der Waals surface area contributed by atoms with Crippen molar-refractivity contribution in [1.82, 2.24) is 9.97 Å². The van der Waals surface area contributed by atoms with E-state index >= 15 is 0 Å². The highest BCUT2D eigenvalue weighted by molar-refractivity contribution is 7.99. The van der Waals surface area contributed by atoms with E-state index in [1.807, 2.05) is 0 Å². The number of fused-ring (bicyclic) bond motifs is 1. The van der Waals surface area contributed by atoms with E-state index in [1.54, 1.807) is 30.3 Å². The van der Waals surface area contributed by atoms with Gasteiger partial charge in [-0.2, -0.15) is 13.2 Å². The number of aromatic amines is 1. The number of amides is 2. The Hall–Kier alpha value is -4.12. The Kier molecular flexibility index (Phi) is 6.87. The number of thioether (sulfide) groups is 1. The standard InChI is InChI=1S/C24H17F3N4O3S/c25-24(26,27)15-6-4-8-17(12-15)29-21(33)14-5-3-7-16(11-14)28-20(32)13-35-23-30-19-10-2-1-9-18(19)22(34)31-23/h1-12H,13H2,(H,28,32)(H,29,33)(H,30,31,34). The van der Waals surface area contributed by atoms with Crippen LogP contribution in [0.2, 0.25) is 0 Å². The number of carbonyl (C=O) groups is 2. The Morgan fingerprint density at radius 3 is 2.40 bits per heavy atom. The fourth-order valence-electron chi connectivity index (χ4n) is 3.18. The number of aromatic nitrogens is 2. The second kappa shape index (κ2) is 10.0. The lowest BCUT2D eigenvalue weighted by molar-refractivity contribution is -0.137. The third kappa shape index (κ3) is 6.07. The van der Waals surface area contributed by atoms with Crippen molar-refractivity contribution in [2.45, 2.75) is 11.3 Å². The number of para-hydroxylation sites is 1. The van der Waals surface area contributed by atoms with Crippen molar-refractivity contribution in [3.8, 4) is 0 Å². The van der Waals surface area contributed by atoms with E-state index < -0.39 is 23.6 Å². The number of hydrogen-bond acceptors (Lipinski definition) is 5. The van der Waals surface area contributed by atoms with Crippen LogP contribution in [0.15, 0.2) is 82.7 Å². The first-order chi connectivity index (χ1) is 16.7. The molecule has 0 aliphatic rings. The third-order valence-corrected chi connectivity index (χ3v) is 5.66. The van der Waals surface area contributed by atoms with Gasteiger partial charge in [-0.1, -0.05) is 36.0 Å². The normalized spacial score (nSPS) is 11.3. The molecule has 1 heterocycles. The average Bonchev–Trinajstić information content (AvgIpc) is 2.83. The lowest BCUT2D eigenvalue weighted by Crippen LogP contribution is -2.17. The largest absolute Gasteiger partial charge is 0.416 e. The summed E-state index contributed by atoms with van der Waals surface area (Å²) in [4.78, 5) is 44.0. The molecular weight excluding hydrogens is 481 g/mol. The predicted molar refractivity (Wildman–Crippen MR) is 128 cm³/mol. The van der Waals surface area contributed by atoms with Crippen LogP contribution in [0.3, 0.4) is 0 Å². The molecule has 35 heavy (non-hydrogen) atoms. The van der Waals surface area contributed by atoms with Crippen molar-refractivity contribution in [2.75, 3.05) is 16.4 Å². The van der Waals surface area contributed by atoms with Crippen LogP contribution in [-0.4, -0.2) is 27.5 Å². The number of benzene rings is 3. The first-order valence-corrected chi connectivity index (χ1v) is 11.2. The maximum Gasteiger partial charge on any atom is 0.416 e. The van der Waals surface area contributed by atoms with Crippen molar-refractivity contribution in [2.24, 2.45) is 0 Å². The monoisotopic (exact) mass is 498 g/mol. The van der Waals surface area contributed by atoms with Gasteiger partial charge < -0.3 is 15.6 Å². The highest BCUT2D eigenvalue weighted by atomic mass is 32.2. The lowest BCUT2D eigenvalue weighted by atomic mass is 10.1.